The predicted molar refractivity (Wildman–Crippen MR) is 82.2 cm³/mol. The summed E-state index contributed by atoms with van der Waals surface area (Å²) in [6.45, 7) is 6.81. The lowest BCUT2D eigenvalue weighted by molar-refractivity contribution is 0.387. The van der Waals surface area contributed by atoms with Gasteiger partial charge in [-0.15, -0.1) is 10.2 Å². The highest BCUT2D eigenvalue weighted by atomic mass is 19.1. The van der Waals surface area contributed by atoms with Crippen LogP contribution < -0.4 is 10.1 Å². The fourth-order valence-electron chi connectivity index (χ4n) is 2.12. The van der Waals surface area contributed by atoms with Gasteiger partial charge in [0.1, 0.15) is 0 Å². The molecule has 0 saturated carbocycles. The lowest BCUT2D eigenvalue weighted by Crippen LogP contribution is -2.08. The van der Waals surface area contributed by atoms with Crippen molar-refractivity contribution in [1.82, 2.24) is 10.2 Å². The molecule has 5 heteroatoms. The van der Waals surface area contributed by atoms with Crippen LogP contribution in [-0.2, 0) is 0 Å². The van der Waals surface area contributed by atoms with Crippen molar-refractivity contribution >= 4 is 5.82 Å². The molecule has 0 amide bonds. The number of halogens is 1. The van der Waals surface area contributed by atoms with Crippen molar-refractivity contribution in [2.24, 2.45) is 0 Å². The molecule has 0 spiro atoms. The maximum absolute atomic E-state index is 14.4. The molecule has 21 heavy (non-hydrogen) atoms. The Bertz CT molecular complexity index is 644. The number of hydrogen-bond donors (Lipinski definition) is 1. The monoisotopic (exact) mass is 289 g/mol. The molecular formula is C16H20FN3O. The zero-order valence-corrected chi connectivity index (χ0v) is 12.8. The van der Waals surface area contributed by atoms with Crippen LogP contribution in [0.3, 0.4) is 0 Å². The van der Waals surface area contributed by atoms with Crippen molar-refractivity contribution in [2.45, 2.75) is 27.2 Å². The molecule has 2 rings (SSSR count). The van der Waals surface area contributed by atoms with E-state index in [9.17, 15) is 4.39 Å². The Morgan fingerprint density at radius 1 is 1.19 bits per heavy atom. The van der Waals surface area contributed by atoms with Crippen LogP contribution >= 0.6 is 0 Å². The van der Waals surface area contributed by atoms with Gasteiger partial charge in [0.2, 0.25) is 0 Å². The molecule has 0 radical (unpaired) electrons. The molecular weight excluding hydrogens is 269 g/mol. The molecule has 0 fully saturated rings. The fraction of sp³-hybridized carbons (Fsp3) is 0.375. The molecule has 0 aliphatic carbocycles. The van der Waals surface area contributed by atoms with E-state index in [0.717, 1.165) is 29.9 Å². The first-order valence-electron chi connectivity index (χ1n) is 7.00. The third-order valence-corrected chi connectivity index (χ3v) is 3.50. The molecule has 1 N–H and O–H groups in total. The van der Waals surface area contributed by atoms with Gasteiger partial charge in [-0.1, -0.05) is 13.0 Å². The highest BCUT2D eigenvalue weighted by Crippen LogP contribution is 2.31. The summed E-state index contributed by atoms with van der Waals surface area (Å²) in [5.41, 5.74) is 2.85. The first kappa shape index (κ1) is 15.2. The first-order valence-corrected chi connectivity index (χ1v) is 7.00. The van der Waals surface area contributed by atoms with Gasteiger partial charge < -0.3 is 10.1 Å². The van der Waals surface area contributed by atoms with E-state index in [1.807, 2.05) is 13.8 Å². The van der Waals surface area contributed by atoms with Gasteiger partial charge in [0.05, 0.1) is 12.8 Å². The molecule has 1 aromatic carbocycles. The number of anilines is 1. The van der Waals surface area contributed by atoms with E-state index < -0.39 is 5.82 Å². The first-order chi connectivity index (χ1) is 10.1. The van der Waals surface area contributed by atoms with Crippen LogP contribution in [0.5, 0.6) is 5.75 Å². The number of hydrogen-bond acceptors (Lipinski definition) is 4. The summed E-state index contributed by atoms with van der Waals surface area (Å²) in [6.07, 6.45) is 1.01. The second-order valence-electron chi connectivity index (χ2n) is 4.90. The summed E-state index contributed by atoms with van der Waals surface area (Å²) < 4.78 is 19.4. The zero-order chi connectivity index (χ0) is 15.4. The topological polar surface area (TPSA) is 47.0 Å². The standard InChI is InChI=1S/C16H20FN3O/c1-5-9-18-16-11(3)10(2)15(19-20-16)12-7-6-8-13(21-4)14(12)17/h6-8H,5,9H2,1-4H3,(H,18,20). The second kappa shape index (κ2) is 6.52. The lowest BCUT2D eigenvalue weighted by Gasteiger charge is -2.13. The van der Waals surface area contributed by atoms with Crippen LogP contribution in [0.4, 0.5) is 10.2 Å². The van der Waals surface area contributed by atoms with E-state index in [1.54, 1.807) is 18.2 Å². The summed E-state index contributed by atoms with van der Waals surface area (Å²) in [6, 6.07) is 5.02. The van der Waals surface area contributed by atoms with Gasteiger partial charge in [-0.25, -0.2) is 4.39 Å². The number of nitrogens with zero attached hydrogens (tertiary/aromatic N) is 2. The molecule has 112 valence electrons. The second-order valence-corrected chi connectivity index (χ2v) is 4.90. The van der Waals surface area contributed by atoms with Gasteiger partial charge in [-0.3, -0.25) is 0 Å². The number of aromatic nitrogens is 2. The van der Waals surface area contributed by atoms with Crippen molar-refractivity contribution in [3.8, 4) is 17.0 Å². The van der Waals surface area contributed by atoms with E-state index in [4.69, 9.17) is 4.74 Å². The number of benzene rings is 1. The third-order valence-electron chi connectivity index (χ3n) is 3.50. The maximum Gasteiger partial charge on any atom is 0.174 e. The molecule has 4 nitrogen and oxygen atoms in total. The zero-order valence-electron chi connectivity index (χ0n) is 12.8. The molecule has 0 atom stereocenters. The Labute approximate surface area is 124 Å². The van der Waals surface area contributed by atoms with E-state index in [0.29, 0.717) is 11.3 Å². The largest absolute Gasteiger partial charge is 0.494 e. The molecule has 1 aromatic heterocycles. The Morgan fingerprint density at radius 2 is 1.95 bits per heavy atom. The minimum absolute atomic E-state index is 0.208. The Morgan fingerprint density at radius 3 is 2.62 bits per heavy atom. The Balaban J connectivity index is 2.48. The van der Waals surface area contributed by atoms with Crippen molar-refractivity contribution < 1.29 is 9.13 Å². The SMILES string of the molecule is CCCNc1nnc(-c2cccc(OC)c2F)c(C)c1C. The molecule has 1 heterocycles. The van der Waals surface area contributed by atoms with Crippen LogP contribution in [0, 0.1) is 19.7 Å². The Hall–Kier alpha value is -2.17. The van der Waals surface area contributed by atoms with Crippen LogP contribution in [0.2, 0.25) is 0 Å². The summed E-state index contributed by atoms with van der Waals surface area (Å²) >= 11 is 0. The summed E-state index contributed by atoms with van der Waals surface area (Å²) in [5, 5.41) is 11.6. The fourth-order valence-corrected chi connectivity index (χ4v) is 2.12. The van der Waals surface area contributed by atoms with Gasteiger partial charge >= 0.3 is 0 Å². The van der Waals surface area contributed by atoms with Crippen molar-refractivity contribution in [3.05, 3.63) is 35.1 Å². The van der Waals surface area contributed by atoms with Crippen molar-refractivity contribution in [2.75, 3.05) is 19.0 Å². The number of rotatable bonds is 5. The molecule has 0 aliphatic rings. The summed E-state index contributed by atoms with van der Waals surface area (Å²) in [7, 11) is 1.45. The lowest BCUT2D eigenvalue weighted by atomic mass is 10.0. The normalized spacial score (nSPS) is 10.5. The molecule has 0 saturated heterocycles. The minimum Gasteiger partial charge on any atom is -0.494 e. The van der Waals surface area contributed by atoms with E-state index in [-0.39, 0.29) is 5.75 Å². The van der Waals surface area contributed by atoms with Crippen LogP contribution in [0.15, 0.2) is 18.2 Å². The summed E-state index contributed by atoms with van der Waals surface area (Å²) in [4.78, 5) is 0. The van der Waals surface area contributed by atoms with Gasteiger partial charge in [-0.05, 0) is 43.5 Å². The van der Waals surface area contributed by atoms with E-state index >= 15 is 0 Å². The molecule has 2 aromatic rings. The molecule has 0 bridgehead atoms. The minimum atomic E-state index is -0.411. The Kier molecular flexibility index (Phi) is 4.73. The van der Waals surface area contributed by atoms with E-state index in [1.165, 1.54) is 7.11 Å². The average molecular weight is 289 g/mol. The molecule has 0 unspecified atom stereocenters. The van der Waals surface area contributed by atoms with Gasteiger partial charge in [0.25, 0.3) is 0 Å². The summed E-state index contributed by atoms with van der Waals surface area (Å²) in [5.74, 6) is 0.548. The number of methoxy groups -OCH3 is 1. The van der Waals surface area contributed by atoms with Crippen molar-refractivity contribution in [3.63, 3.8) is 0 Å². The quantitative estimate of drug-likeness (QED) is 0.911. The number of nitrogens with one attached hydrogen (secondary N) is 1. The van der Waals surface area contributed by atoms with Crippen molar-refractivity contribution in [1.29, 1.82) is 0 Å². The van der Waals surface area contributed by atoms with Crippen LogP contribution in [0.1, 0.15) is 24.5 Å². The third kappa shape index (κ3) is 2.96. The maximum atomic E-state index is 14.4. The van der Waals surface area contributed by atoms with Gasteiger partial charge in [0.15, 0.2) is 17.4 Å². The van der Waals surface area contributed by atoms with Crippen LogP contribution in [0.25, 0.3) is 11.3 Å². The smallest absolute Gasteiger partial charge is 0.174 e. The van der Waals surface area contributed by atoms with Crippen LogP contribution in [-0.4, -0.2) is 23.9 Å². The van der Waals surface area contributed by atoms with Gasteiger partial charge in [-0.2, -0.15) is 0 Å². The number of ether oxygens (including phenoxy) is 1. The van der Waals surface area contributed by atoms with E-state index in [2.05, 4.69) is 22.4 Å². The highest BCUT2D eigenvalue weighted by Gasteiger charge is 2.16. The highest BCUT2D eigenvalue weighted by molar-refractivity contribution is 5.68. The van der Waals surface area contributed by atoms with Gasteiger partial charge in [0, 0.05) is 12.1 Å². The average Bonchev–Trinajstić information content (AvgIpc) is 2.49. The predicted octanol–water partition coefficient (Wildman–Crippen LogP) is 3.73. The molecule has 0 aliphatic heterocycles.